The highest BCUT2D eigenvalue weighted by Gasteiger charge is 2.19. The number of nitrogens with zero attached hydrogens (tertiary/aromatic N) is 2. The lowest BCUT2D eigenvalue weighted by Gasteiger charge is -2.08. The first-order chi connectivity index (χ1) is 5.84. The molecule has 0 aliphatic carbocycles. The third kappa shape index (κ3) is 1.74. The van der Waals surface area contributed by atoms with Crippen LogP contribution in [-0.2, 0) is 9.84 Å². The van der Waals surface area contributed by atoms with E-state index in [9.17, 15) is 8.42 Å². The van der Waals surface area contributed by atoms with Crippen LogP contribution < -0.4 is 10.6 Å². The minimum Gasteiger partial charge on any atom is -0.393 e. The monoisotopic (exact) mass is 204 g/mol. The largest absolute Gasteiger partial charge is 0.393 e. The summed E-state index contributed by atoms with van der Waals surface area (Å²) >= 11 is 0. The highest BCUT2D eigenvalue weighted by molar-refractivity contribution is 7.90. The van der Waals surface area contributed by atoms with Crippen molar-refractivity contribution in [2.75, 3.05) is 31.0 Å². The topological polar surface area (TPSA) is 92.1 Å². The van der Waals surface area contributed by atoms with E-state index >= 15 is 0 Å². The molecule has 0 bridgehead atoms. The van der Waals surface area contributed by atoms with Gasteiger partial charge in [-0.25, -0.2) is 8.42 Å². The number of nitrogens with two attached hydrogens (primary N) is 1. The number of nitrogens with one attached hydrogen (secondary N) is 1. The molecule has 0 aromatic carbocycles. The number of hydrogen-bond acceptors (Lipinski definition) is 5. The summed E-state index contributed by atoms with van der Waals surface area (Å²) in [6, 6.07) is 0. The predicted octanol–water partition coefficient (Wildman–Crippen LogP) is -0.539. The zero-order chi connectivity index (χ0) is 10.2. The number of nitrogen functional groups attached to an aromatic ring is 1. The van der Waals surface area contributed by atoms with Crippen molar-refractivity contribution in [1.29, 1.82) is 0 Å². The van der Waals surface area contributed by atoms with Gasteiger partial charge in [0, 0.05) is 20.4 Å². The van der Waals surface area contributed by atoms with E-state index in [0.717, 1.165) is 6.26 Å². The fraction of sp³-hybridized carbons (Fsp3) is 0.500. The molecule has 13 heavy (non-hydrogen) atoms. The Kier molecular flexibility index (Phi) is 2.21. The van der Waals surface area contributed by atoms with Crippen molar-refractivity contribution in [2.45, 2.75) is 5.03 Å². The standard InChI is InChI=1S/C6H12N4O2S/c1-10(2)5-4(7)6(9-8-5)13(3,11)12/h7H2,1-3H3,(H,8,9). The van der Waals surface area contributed by atoms with Crippen molar-refractivity contribution in [3.63, 3.8) is 0 Å². The average molecular weight is 204 g/mol. The van der Waals surface area contributed by atoms with E-state index < -0.39 is 9.84 Å². The predicted molar refractivity (Wildman–Crippen MR) is 50.4 cm³/mol. The Morgan fingerprint density at radius 3 is 2.23 bits per heavy atom. The van der Waals surface area contributed by atoms with E-state index in [-0.39, 0.29) is 10.7 Å². The minimum absolute atomic E-state index is 0.0313. The molecule has 0 radical (unpaired) electrons. The molecule has 0 aliphatic heterocycles. The van der Waals surface area contributed by atoms with Crippen LogP contribution in [0.15, 0.2) is 5.03 Å². The van der Waals surface area contributed by atoms with Crippen LogP contribution in [0.1, 0.15) is 0 Å². The maximum atomic E-state index is 11.1. The van der Waals surface area contributed by atoms with Crippen LogP contribution in [0.2, 0.25) is 0 Å². The third-order valence-corrected chi connectivity index (χ3v) is 2.60. The van der Waals surface area contributed by atoms with Gasteiger partial charge < -0.3 is 10.6 Å². The van der Waals surface area contributed by atoms with Gasteiger partial charge in [0.1, 0.15) is 5.69 Å². The summed E-state index contributed by atoms with van der Waals surface area (Å²) in [6.07, 6.45) is 1.08. The van der Waals surface area contributed by atoms with Gasteiger partial charge in [-0.3, -0.25) is 5.10 Å². The molecule has 6 nitrogen and oxygen atoms in total. The average Bonchev–Trinajstić information content (AvgIpc) is 2.28. The first-order valence-corrected chi connectivity index (χ1v) is 5.44. The van der Waals surface area contributed by atoms with Gasteiger partial charge >= 0.3 is 0 Å². The van der Waals surface area contributed by atoms with Crippen LogP contribution >= 0.6 is 0 Å². The van der Waals surface area contributed by atoms with Crippen molar-refractivity contribution >= 4 is 21.3 Å². The molecule has 1 aromatic rings. The molecule has 0 fully saturated rings. The number of H-pyrrole nitrogens is 1. The first-order valence-electron chi connectivity index (χ1n) is 3.55. The number of rotatable bonds is 2. The van der Waals surface area contributed by atoms with Gasteiger partial charge in [-0.2, -0.15) is 5.10 Å². The van der Waals surface area contributed by atoms with Gasteiger partial charge in [-0.05, 0) is 0 Å². The van der Waals surface area contributed by atoms with Crippen LogP contribution in [-0.4, -0.2) is 39.0 Å². The van der Waals surface area contributed by atoms with Crippen LogP contribution in [0.25, 0.3) is 0 Å². The normalized spacial score (nSPS) is 11.6. The van der Waals surface area contributed by atoms with E-state index in [1.807, 2.05) is 0 Å². The second kappa shape index (κ2) is 2.91. The molecule has 0 unspecified atom stereocenters. The quantitative estimate of drug-likeness (QED) is 0.675. The molecular formula is C6H12N4O2S. The van der Waals surface area contributed by atoms with Crippen LogP contribution in [0.5, 0.6) is 0 Å². The molecule has 74 valence electrons. The van der Waals surface area contributed by atoms with Gasteiger partial charge in [0.15, 0.2) is 20.7 Å². The molecule has 0 aliphatic rings. The first kappa shape index (κ1) is 9.85. The zero-order valence-corrected chi connectivity index (χ0v) is 8.51. The SMILES string of the molecule is CN(C)c1n[nH]c(S(C)(=O)=O)c1N. The van der Waals surface area contributed by atoms with Crippen molar-refractivity contribution in [3.05, 3.63) is 0 Å². The second-order valence-electron chi connectivity index (χ2n) is 2.96. The fourth-order valence-electron chi connectivity index (χ4n) is 0.949. The summed E-state index contributed by atoms with van der Waals surface area (Å²) in [5.74, 6) is 0.431. The van der Waals surface area contributed by atoms with Gasteiger partial charge in [-0.15, -0.1) is 0 Å². The molecule has 0 saturated carbocycles. The smallest absolute Gasteiger partial charge is 0.194 e. The molecular weight excluding hydrogens is 192 g/mol. The molecule has 1 rings (SSSR count). The molecule has 7 heteroatoms. The molecule has 1 aromatic heterocycles. The van der Waals surface area contributed by atoms with Gasteiger partial charge in [0.05, 0.1) is 0 Å². The van der Waals surface area contributed by atoms with Gasteiger partial charge in [0.25, 0.3) is 0 Å². The highest BCUT2D eigenvalue weighted by atomic mass is 32.2. The Morgan fingerprint density at radius 2 is 2.00 bits per heavy atom. The maximum absolute atomic E-state index is 11.1. The van der Waals surface area contributed by atoms with Crippen LogP contribution in [0.3, 0.4) is 0 Å². The Bertz CT molecular complexity index is 406. The van der Waals surface area contributed by atoms with E-state index in [1.165, 1.54) is 0 Å². The van der Waals surface area contributed by atoms with Gasteiger partial charge in [0.2, 0.25) is 0 Å². The summed E-state index contributed by atoms with van der Waals surface area (Å²) in [5, 5.41) is 6.14. The summed E-state index contributed by atoms with van der Waals surface area (Å²) in [5.41, 5.74) is 5.74. The molecule has 1 heterocycles. The third-order valence-electron chi connectivity index (χ3n) is 1.54. The summed E-state index contributed by atoms with van der Waals surface area (Å²) < 4.78 is 22.2. The number of sulfone groups is 1. The number of hydrogen-bond donors (Lipinski definition) is 2. The van der Waals surface area contributed by atoms with Crippen molar-refractivity contribution in [3.8, 4) is 0 Å². The van der Waals surface area contributed by atoms with Crippen molar-refractivity contribution in [2.24, 2.45) is 0 Å². The Balaban J connectivity index is 3.30. The minimum atomic E-state index is -3.32. The second-order valence-corrected chi connectivity index (χ2v) is 4.91. The van der Waals surface area contributed by atoms with E-state index in [1.54, 1.807) is 19.0 Å². The molecule has 3 N–H and O–H groups in total. The molecule has 0 saturated heterocycles. The number of aromatic nitrogens is 2. The van der Waals surface area contributed by atoms with Crippen LogP contribution in [0, 0.1) is 0 Å². The summed E-state index contributed by atoms with van der Waals surface area (Å²) in [7, 11) is 0.154. The van der Waals surface area contributed by atoms with E-state index in [2.05, 4.69) is 10.2 Å². The molecule has 0 amide bonds. The number of anilines is 2. The summed E-state index contributed by atoms with van der Waals surface area (Å²) in [4.78, 5) is 1.64. The summed E-state index contributed by atoms with van der Waals surface area (Å²) in [6.45, 7) is 0. The number of aromatic amines is 1. The lowest BCUT2D eigenvalue weighted by atomic mass is 10.5. The Morgan fingerprint density at radius 1 is 1.46 bits per heavy atom. The van der Waals surface area contributed by atoms with E-state index in [4.69, 9.17) is 5.73 Å². The van der Waals surface area contributed by atoms with Crippen LogP contribution in [0.4, 0.5) is 11.5 Å². The van der Waals surface area contributed by atoms with Gasteiger partial charge in [-0.1, -0.05) is 0 Å². The molecule has 0 atom stereocenters. The van der Waals surface area contributed by atoms with Crippen molar-refractivity contribution in [1.82, 2.24) is 10.2 Å². The Labute approximate surface area is 76.6 Å². The lowest BCUT2D eigenvalue weighted by Crippen LogP contribution is -2.11. The maximum Gasteiger partial charge on any atom is 0.194 e. The Hall–Kier alpha value is -1.24. The fourth-order valence-corrected chi connectivity index (χ4v) is 1.65. The zero-order valence-electron chi connectivity index (χ0n) is 7.70. The highest BCUT2D eigenvalue weighted by Crippen LogP contribution is 2.24. The van der Waals surface area contributed by atoms with Crippen molar-refractivity contribution < 1.29 is 8.42 Å². The lowest BCUT2D eigenvalue weighted by molar-refractivity contribution is 0.598. The van der Waals surface area contributed by atoms with E-state index in [0.29, 0.717) is 5.82 Å². The molecule has 0 spiro atoms.